The molecule has 0 fully saturated rings. The molecule has 136 valence electrons. The van der Waals surface area contributed by atoms with Gasteiger partial charge in [0.1, 0.15) is 5.15 Å². The van der Waals surface area contributed by atoms with E-state index in [9.17, 15) is 9.59 Å². The number of carbonyl (C=O) groups is 2. The highest BCUT2D eigenvalue weighted by molar-refractivity contribution is 7.99. The fourth-order valence-corrected chi connectivity index (χ4v) is 3.53. The van der Waals surface area contributed by atoms with E-state index in [1.807, 2.05) is 0 Å². The van der Waals surface area contributed by atoms with Crippen LogP contribution < -0.4 is 0 Å². The highest BCUT2D eigenvalue weighted by atomic mass is 35.5. The average Bonchev–Trinajstić information content (AvgIpc) is 3.12. The van der Waals surface area contributed by atoms with Crippen molar-refractivity contribution in [3.05, 3.63) is 39.8 Å². The summed E-state index contributed by atoms with van der Waals surface area (Å²) >= 11 is 7.07. The molecule has 0 bridgehead atoms. The molecule has 1 N–H and O–H groups in total. The number of H-pyrrole nitrogens is 1. The zero-order chi connectivity index (χ0) is 18.8. The SMILES string of the molecule is CCOC(=O)c1c(C)[nH]c(C)c1C(=O)CSc1nnc2ccc(Cl)nn12. The Morgan fingerprint density at radius 2 is 1.96 bits per heavy atom. The van der Waals surface area contributed by atoms with Gasteiger partial charge in [-0.1, -0.05) is 23.4 Å². The van der Waals surface area contributed by atoms with Gasteiger partial charge in [0, 0.05) is 11.4 Å². The van der Waals surface area contributed by atoms with E-state index in [0.29, 0.717) is 32.9 Å². The third-order valence-corrected chi connectivity index (χ3v) is 4.79. The highest BCUT2D eigenvalue weighted by Crippen LogP contribution is 2.24. The lowest BCUT2D eigenvalue weighted by atomic mass is 10.1. The molecule has 3 aromatic rings. The molecule has 10 heteroatoms. The van der Waals surface area contributed by atoms with E-state index in [2.05, 4.69) is 20.3 Å². The summed E-state index contributed by atoms with van der Waals surface area (Å²) in [6.45, 7) is 5.45. The quantitative estimate of drug-likeness (QED) is 0.390. The predicted molar refractivity (Wildman–Crippen MR) is 97.1 cm³/mol. The largest absolute Gasteiger partial charge is 0.462 e. The number of thioether (sulfide) groups is 1. The summed E-state index contributed by atoms with van der Waals surface area (Å²) in [7, 11) is 0. The van der Waals surface area contributed by atoms with Crippen molar-refractivity contribution in [2.45, 2.75) is 25.9 Å². The smallest absolute Gasteiger partial charge is 0.340 e. The van der Waals surface area contributed by atoms with Gasteiger partial charge in [0.25, 0.3) is 0 Å². The predicted octanol–water partition coefficient (Wildman–Crippen LogP) is 2.87. The van der Waals surface area contributed by atoms with Crippen LogP contribution in [0.4, 0.5) is 0 Å². The lowest BCUT2D eigenvalue weighted by Crippen LogP contribution is -2.13. The first kappa shape index (κ1) is 18.4. The van der Waals surface area contributed by atoms with Crippen molar-refractivity contribution >= 4 is 40.8 Å². The third-order valence-electron chi connectivity index (χ3n) is 3.67. The van der Waals surface area contributed by atoms with E-state index >= 15 is 0 Å². The second-order valence-electron chi connectivity index (χ2n) is 5.47. The molecular weight excluding hydrogens is 378 g/mol. The number of rotatable bonds is 6. The fraction of sp³-hybridized carbons (Fsp3) is 0.312. The molecule has 8 nitrogen and oxygen atoms in total. The van der Waals surface area contributed by atoms with Gasteiger partial charge in [-0.2, -0.15) is 9.61 Å². The van der Waals surface area contributed by atoms with Crippen molar-refractivity contribution in [3.63, 3.8) is 0 Å². The summed E-state index contributed by atoms with van der Waals surface area (Å²) in [5, 5.41) is 12.9. The number of ketones is 1. The summed E-state index contributed by atoms with van der Waals surface area (Å²) in [4.78, 5) is 28.0. The number of halogens is 1. The van der Waals surface area contributed by atoms with Gasteiger partial charge in [-0.25, -0.2) is 4.79 Å². The molecule has 3 heterocycles. The summed E-state index contributed by atoms with van der Waals surface area (Å²) in [5.74, 6) is -0.651. The van der Waals surface area contributed by atoms with Gasteiger partial charge in [-0.05, 0) is 32.9 Å². The van der Waals surface area contributed by atoms with E-state index in [1.54, 1.807) is 32.9 Å². The molecule has 0 aliphatic carbocycles. The summed E-state index contributed by atoms with van der Waals surface area (Å²) in [5.41, 5.74) is 2.39. The molecule has 0 spiro atoms. The van der Waals surface area contributed by atoms with Gasteiger partial charge in [-0.15, -0.1) is 10.2 Å². The van der Waals surface area contributed by atoms with Gasteiger partial charge >= 0.3 is 5.97 Å². The lowest BCUT2D eigenvalue weighted by molar-refractivity contribution is 0.0522. The number of nitrogens with zero attached hydrogens (tertiary/aromatic N) is 4. The van der Waals surface area contributed by atoms with Crippen molar-refractivity contribution in [2.24, 2.45) is 0 Å². The van der Waals surface area contributed by atoms with E-state index in [-0.39, 0.29) is 23.7 Å². The minimum absolute atomic E-state index is 0.0690. The first-order valence-corrected chi connectivity index (χ1v) is 9.19. The monoisotopic (exact) mass is 393 g/mol. The summed E-state index contributed by atoms with van der Waals surface area (Å²) in [6.07, 6.45) is 0. The first-order valence-electron chi connectivity index (χ1n) is 7.82. The van der Waals surface area contributed by atoms with Crippen LogP contribution in [0.15, 0.2) is 17.3 Å². The number of hydrogen-bond donors (Lipinski definition) is 1. The van der Waals surface area contributed by atoms with Crippen molar-refractivity contribution in [1.29, 1.82) is 0 Å². The van der Waals surface area contributed by atoms with Crippen LogP contribution in [0.5, 0.6) is 0 Å². The van der Waals surface area contributed by atoms with Crippen molar-refractivity contribution in [3.8, 4) is 0 Å². The zero-order valence-corrected chi connectivity index (χ0v) is 15.9. The molecule has 0 amide bonds. The van der Waals surface area contributed by atoms with Crippen LogP contribution in [0.2, 0.25) is 5.15 Å². The van der Waals surface area contributed by atoms with Crippen LogP contribution in [0.1, 0.15) is 39.0 Å². The van der Waals surface area contributed by atoms with E-state index in [0.717, 1.165) is 0 Å². The number of aryl methyl sites for hydroxylation is 2. The molecule has 3 aromatic heterocycles. The number of aromatic nitrogens is 5. The number of aromatic amines is 1. The number of Topliss-reactive ketones (excluding diaryl/α,β-unsaturated/α-hetero) is 1. The molecule has 0 aliphatic heterocycles. The molecular formula is C16H16ClN5O3S. The Labute approximate surface area is 158 Å². The molecule has 0 atom stereocenters. The molecule has 0 saturated heterocycles. The second kappa shape index (κ2) is 7.46. The van der Waals surface area contributed by atoms with Crippen LogP contribution in [-0.2, 0) is 4.74 Å². The van der Waals surface area contributed by atoms with Gasteiger partial charge in [0.15, 0.2) is 11.4 Å². The van der Waals surface area contributed by atoms with Crippen LogP contribution in [0, 0.1) is 13.8 Å². The minimum atomic E-state index is -0.510. The Morgan fingerprint density at radius 1 is 1.23 bits per heavy atom. The number of carbonyl (C=O) groups excluding carboxylic acids is 2. The van der Waals surface area contributed by atoms with Crippen molar-refractivity contribution in [2.75, 3.05) is 12.4 Å². The summed E-state index contributed by atoms with van der Waals surface area (Å²) in [6, 6.07) is 3.30. The topological polar surface area (TPSA) is 102 Å². The number of fused-ring (bicyclic) bond motifs is 1. The Balaban J connectivity index is 1.84. The normalized spacial score (nSPS) is 11.1. The van der Waals surface area contributed by atoms with Gasteiger partial charge in [-0.3, -0.25) is 4.79 Å². The third kappa shape index (κ3) is 3.45. The van der Waals surface area contributed by atoms with E-state index in [1.165, 1.54) is 16.3 Å². The molecule has 0 unspecified atom stereocenters. The van der Waals surface area contributed by atoms with Crippen LogP contribution in [0.3, 0.4) is 0 Å². The zero-order valence-electron chi connectivity index (χ0n) is 14.4. The maximum Gasteiger partial charge on any atom is 0.340 e. The van der Waals surface area contributed by atoms with E-state index < -0.39 is 5.97 Å². The van der Waals surface area contributed by atoms with Crippen LogP contribution >= 0.6 is 23.4 Å². The molecule has 0 saturated carbocycles. The lowest BCUT2D eigenvalue weighted by Gasteiger charge is -2.05. The maximum absolute atomic E-state index is 12.8. The Hall–Kier alpha value is -2.39. The molecule has 3 rings (SSSR count). The molecule has 26 heavy (non-hydrogen) atoms. The van der Waals surface area contributed by atoms with Crippen LogP contribution in [0.25, 0.3) is 5.65 Å². The average molecular weight is 394 g/mol. The van der Waals surface area contributed by atoms with Gasteiger partial charge < -0.3 is 9.72 Å². The first-order chi connectivity index (χ1) is 12.4. The highest BCUT2D eigenvalue weighted by Gasteiger charge is 2.25. The fourth-order valence-electron chi connectivity index (χ4n) is 2.63. The maximum atomic E-state index is 12.8. The van der Waals surface area contributed by atoms with E-state index in [4.69, 9.17) is 16.3 Å². The van der Waals surface area contributed by atoms with Crippen molar-refractivity contribution < 1.29 is 14.3 Å². The number of ether oxygens (including phenoxy) is 1. The number of hydrogen-bond acceptors (Lipinski definition) is 7. The van der Waals surface area contributed by atoms with Gasteiger partial charge in [0.2, 0.25) is 5.16 Å². The Bertz CT molecular complexity index is 997. The number of nitrogens with one attached hydrogen (secondary N) is 1. The standard InChI is InChI=1S/C16H16ClN5O3S/c1-4-25-15(24)14-9(3)18-8(2)13(14)10(23)7-26-16-20-19-12-6-5-11(17)21-22(12)16/h5-6,18H,4,7H2,1-3H3. The minimum Gasteiger partial charge on any atom is -0.462 e. The van der Waals surface area contributed by atoms with Gasteiger partial charge in [0.05, 0.1) is 23.5 Å². The Morgan fingerprint density at radius 3 is 2.69 bits per heavy atom. The van der Waals surface area contributed by atoms with Crippen molar-refractivity contribution in [1.82, 2.24) is 24.8 Å². The summed E-state index contributed by atoms with van der Waals surface area (Å²) < 4.78 is 6.54. The van der Waals surface area contributed by atoms with Crippen LogP contribution in [-0.4, -0.2) is 48.9 Å². The Kier molecular flexibility index (Phi) is 5.28. The number of esters is 1. The molecule has 0 aromatic carbocycles. The molecule has 0 radical (unpaired) electrons. The second-order valence-corrected chi connectivity index (χ2v) is 6.80. The molecule has 0 aliphatic rings.